The van der Waals surface area contributed by atoms with E-state index in [0.717, 1.165) is 24.2 Å². The van der Waals surface area contributed by atoms with E-state index in [0.29, 0.717) is 17.3 Å². The van der Waals surface area contributed by atoms with Crippen LogP contribution in [0.3, 0.4) is 0 Å². The van der Waals surface area contributed by atoms with Gasteiger partial charge >= 0.3 is 0 Å². The van der Waals surface area contributed by atoms with E-state index in [1.54, 1.807) is 0 Å². The fourth-order valence-electron chi connectivity index (χ4n) is 2.53. The van der Waals surface area contributed by atoms with Gasteiger partial charge in [-0.25, -0.2) is 14.6 Å². The van der Waals surface area contributed by atoms with E-state index in [-0.39, 0.29) is 12.1 Å². The first-order valence-electron chi connectivity index (χ1n) is 6.41. The van der Waals surface area contributed by atoms with Gasteiger partial charge < -0.3 is 10.8 Å². The molecular weight excluding hydrogens is 230 g/mol. The number of nitrogens with zero attached hydrogens (tertiary/aromatic N) is 4. The number of hydrogen-bond acceptors (Lipinski definition) is 5. The van der Waals surface area contributed by atoms with Crippen LogP contribution in [-0.4, -0.2) is 31.0 Å². The van der Waals surface area contributed by atoms with Gasteiger partial charge in [-0.05, 0) is 25.7 Å². The highest BCUT2D eigenvalue weighted by Gasteiger charge is 2.32. The fourth-order valence-corrected chi connectivity index (χ4v) is 2.53. The van der Waals surface area contributed by atoms with Crippen LogP contribution in [0, 0.1) is 0 Å². The fraction of sp³-hybridized carbons (Fsp3) is 0.583. The van der Waals surface area contributed by atoms with Crippen LogP contribution in [0.1, 0.15) is 43.3 Å². The van der Waals surface area contributed by atoms with Gasteiger partial charge in [-0.15, -0.1) is 0 Å². The van der Waals surface area contributed by atoms with Crippen LogP contribution < -0.4 is 5.73 Å². The van der Waals surface area contributed by atoms with Crippen LogP contribution in [0.2, 0.25) is 0 Å². The molecule has 0 atom stereocenters. The molecule has 2 aromatic rings. The molecule has 0 unspecified atom stereocenters. The van der Waals surface area contributed by atoms with E-state index in [1.807, 2.05) is 10.9 Å². The van der Waals surface area contributed by atoms with Gasteiger partial charge in [0.05, 0.1) is 17.8 Å². The Balaban J connectivity index is 1.83. The third-order valence-corrected chi connectivity index (χ3v) is 3.88. The van der Waals surface area contributed by atoms with E-state index in [2.05, 4.69) is 15.1 Å². The van der Waals surface area contributed by atoms with Crippen LogP contribution in [0.15, 0.2) is 6.20 Å². The molecule has 2 aliphatic rings. The van der Waals surface area contributed by atoms with Crippen molar-refractivity contribution in [2.45, 2.75) is 43.7 Å². The zero-order valence-corrected chi connectivity index (χ0v) is 9.95. The molecule has 2 fully saturated rings. The average molecular weight is 245 g/mol. The quantitative estimate of drug-likeness (QED) is 0.823. The predicted molar refractivity (Wildman–Crippen MR) is 66.0 cm³/mol. The molecule has 0 spiro atoms. The van der Waals surface area contributed by atoms with Crippen LogP contribution in [-0.2, 0) is 0 Å². The molecule has 2 heterocycles. The lowest BCUT2D eigenvalue weighted by Crippen LogP contribution is -2.31. The molecule has 18 heavy (non-hydrogen) atoms. The first kappa shape index (κ1) is 10.3. The van der Waals surface area contributed by atoms with Gasteiger partial charge in [0.2, 0.25) is 0 Å². The van der Waals surface area contributed by atoms with Crippen LogP contribution in [0.25, 0.3) is 11.2 Å². The third-order valence-electron chi connectivity index (χ3n) is 3.88. The highest BCUT2D eigenvalue weighted by molar-refractivity contribution is 5.82. The Labute approximate surface area is 104 Å². The van der Waals surface area contributed by atoms with Gasteiger partial charge in [-0.3, -0.25) is 0 Å². The van der Waals surface area contributed by atoms with Gasteiger partial charge in [0, 0.05) is 12.1 Å². The smallest absolute Gasteiger partial charge is 0.179 e. The molecule has 6 heteroatoms. The van der Waals surface area contributed by atoms with E-state index in [4.69, 9.17) is 5.73 Å². The van der Waals surface area contributed by atoms with Gasteiger partial charge in [0.1, 0.15) is 0 Å². The first-order chi connectivity index (χ1) is 8.72. The number of nitrogens with two attached hydrogens (primary N) is 1. The number of hydrogen-bond donors (Lipinski definition) is 2. The number of rotatable bonds is 2. The highest BCUT2D eigenvalue weighted by Crippen LogP contribution is 2.40. The average Bonchev–Trinajstić information content (AvgIpc) is 3.12. The number of aliphatic hydroxyl groups is 1. The minimum absolute atomic E-state index is 0.212. The summed E-state index contributed by atoms with van der Waals surface area (Å²) in [6.45, 7) is 0. The van der Waals surface area contributed by atoms with Crippen LogP contribution in [0.5, 0.6) is 0 Å². The number of nitrogen functional groups attached to an aromatic ring is 1. The Kier molecular flexibility index (Phi) is 1.94. The van der Waals surface area contributed by atoms with Crippen molar-refractivity contribution in [3.8, 4) is 0 Å². The second-order valence-corrected chi connectivity index (χ2v) is 5.35. The topological polar surface area (TPSA) is 89.8 Å². The molecule has 0 saturated heterocycles. The summed E-state index contributed by atoms with van der Waals surface area (Å²) in [4.78, 5) is 9.05. The van der Waals surface area contributed by atoms with Crippen molar-refractivity contribution in [1.82, 2.24) is 19.7 Å². The van der Waals surface area contributed by atoms with Crippen molar-refractivity contribution >= 4 is 17.0 Å². The number of fused-ring (bicyclic) bond motifs is 1. The predicted octanol–water partition coefficient (Wildman–Crippen LogP) is 0.982. The molecule has 2 aliphatic carbocycles. The lowest BCUT2D eigenvalue weighted by Gasteiger charge is -2.31. The molecular formula is C12H15N5O. The molecule has 0 aromatic carbocycles. The summed E-state index contributed by atoms with van der Waals surface area (Å²) >= 11 is 0. The van der Waals surface area contributed by atoms with E-state index < -0.39 is 0 Å². The third kappa shape index (κ3) is 1.42. The first-order valence-corrected chi connectivity index (χ1v) is 6.41. The lowest BCUT2D eigenvalue weighted by atomic mass is 9.90. The summed E-state index contributed by atoms with van der Waals surface area (Å²) in [5.74, 6) is 1.000. The monoisotopic (exact) mass is 245 g/mol. The maximum atomic E-state index is 9.40. The second kappa shape index (κ2) is 3.41. The Morgan fingerprint density at radius 2 is 2.11 bits per heavy atom. The SMILES string of the molecule is Nc1nn([C@H]2C[C@H](O)C2)c2nc(C3CC3)cnc12. The van der Waals surface area contributed by atoms with Crippen molar-refractivity contribution < 1.29 is 5.11 Å². The Morgan fingerprint density at radius 1 is 1.33 bits per heavy atom. The molecule has 3 N–H and O–H groups in total. The Hall–Kier alpha value is -1.69. The van der Waals surface area contributed by atoms with Gasteiger partial charge in [-0.1, -0.05) is 0 Å². The van der Waals surface area contributed by atoms with Crippen molar-refractivity contribution in [2.75, 3.05) is 5.73 Å². The molecule has 0 radical (unpaired) electrons. The van der Waals surface area contributed by atoms with Gasteiger partial charge in [-0.2, -0.15) is 5.10 Å². The summed E-state index contributed by atoms with van der Waals surface area (Å²) in [7, 11) is 0. The number of aliphatic hydroxyl groups excluding tert-OH is 1. The maximum Gasteiger partial charge on any atom is 0.179 e. The Bertz CT molecular complexity index is 612. The molecule has 0 amide bonds. The van der Waals surface area contributed by atoms with Crippen LogP contribution in [0.4, 0.5) is 5.82 Å². The van der Waals surface area contributed by atoms with Crippen molar-refractivity contribution in [1.29, 1.82) is 0 Å². The molecule has 0 bridgehead atoms. The summed E-state index contributed by atoms with van der Waals surface area (Å²) in [6, 6.07) is 0.212. The lowest BCUT2D eigenvalue weighted by molar-refractivity contribution is 0.0452. The number of aromatic nitrogens is 4. The molecule has 2 saturated carbocycles. The summed E-state index contributed by atoms with van der Waals surface area (Å²) in [5, 5.41) is 13.7. The molecule has 2 aromatic heterocycles. The minimum Gasteiger partial charge on any atom is -0.393 e. The van der Waals surface area contributed by atoms with E-state index in [9.17, 15) is 5.11 Å². The van der Waals surface area contributed by atoms with E-state index in [1.165, 1.54) is 12.8 Å². The van der Waals surface area contributed by atoms with Crippen LogP contribution >= 0.6 is 0 Å². The standard InChI is InChI=1S/C12H15N5O/c13-11-10-12(15-9(5-14-10)6-1-2-6)17(16-11)7-3-8(18)4-7/h5-8,18H,1-4H2,(H2,13,16)/t7-,8-. The second-order valence-electron chi connectivity index (χ2n) is 5.35. The Morgan fingerprint density at radius 3 is 2.78 bits per heavy atom. The largest absolute Gasteiger partial charge is 0.393 e. The summed E-state index contributed by atoms with van der Waals surface area (Å²) < 4.78 is 1.84. The van der Waals surface area contributed by atoms with Crippen molar-refractivity contribution in [3.63, 3.8) is 0 Å². The number of anilines is 1. The molecule has 94 valence electrons. The van der Waals surface area contributed by atoms with E-state index >= 15 is 0 Å². The molecule has 6 nitrogen and oxygen atoms in total. The maximum absolute atomic E-state index is 9.40. The molecule has 4 rings (SSSR count). The zero-order valence-electron chi connectivity index (χ0n) is 9.95. The van der Waals surface area contributed by atoms with Crippen molar-refractivity contribution in [2.24, 2.45) is 0 Å². The minimum atomic E-state index is -0.213. The molecule has 0 aliphatic heterocycles. The summed E-state index contributed by atoms with van der Waals surface area (Å²) in [6.07, 6.45) is 5.46. The zero-order chi connectivity index (χ0) is 12.3. The summed E-state index contributed by atoms with van der Waals surface area (Å²) in [5.41, 5.74) is 8.37. The normalized spacial score (nSPS) is 27.4. The van der Waals surface area contributed by atoms with Gasteiger partial charge in [0.15, 0.2) is 17.0 Å². The van der Waals surface area contributed by atoms with Gasteiger partial charge in [0.25, 0.3) is 0 Å². The van der Waals surface area contributed by atoms with Crippen molar-refractivity contribution in [3.05, 3.63) is 11.9 Å². The highest BCUT2D eigenvalue weighted by atomic mass is 16.3.